The Morgan fingerprint density at radius 1 is 1.23 bits per heavy atom. The van der Waals surface area contributed by atoms with E-state index in [0.717, 1.165) is 37.7 Å². The number of carbonyl (C=O) groups excluding carboxylic acids is 2. The van der Waals surface area contributed by atoms with E-state index in [1.165, 1.54) is 5.57 Å². The topological polar surface area (TPSA) is 34.1 Å². The van der Waals surface area contributed by atoms with Crippen molar-refractivity contribution in [3.05, 3.63) is 35.5 Å². The van der Waals surface area contributed by atoms with Gasteiger partial charge >= 0.3 is 0 Å². The summed E-state index contributed by atoms with van der Waals surface area (Å²) in [6.07, 6.45) is 10.0. The van der Waals surface area contributed by atoms with Gasteiger partial charge in [0.15, 0.2) is 5.78 Å². The van der Waals surface area contributed by atoms with Crippen LogP contribution in [0, 0.1) is 28.6 Å². The van der Waals surface area contributed by atoms with Gasteiger partial charge in [0.1, 0.15) is 5.78 Å². The molecule has 0 aromatic carbocycles. The molecule has 0 N–H and O–H groups in total. The fourth-order valence-corrected chi connectivity index (χ4v) is 6.54. The van der Waals surface area contributed by atoms with Crippen LogP contribution in [0.5, 0.6) is 0 Å². The van der Waals surface area contributed by atoms with Crippen molar-refractivity contribution in [2.45, 2.75) is 73.1 Å². The van der Waals surface area contributed by atoms with Crippen molar-refractivity contribution in [2.75, 3.05) is 0 Å². The minimum absolute atomic E-state index is 0.0104. The quantitative estimate of drug-likeness (QED) is 0.555. The lowest BCUT2D eigenvalue weighted by Crippen LogP contribution is -2.45. The molecule has 0 bridgehead atoms. The van der Waals surface area contributed by atoms with Crippen LogP contribution in [-0.4, -0.2) is 11.6 Å². The van der Waals surface area contributed by atoms with Crippen LogP contribution in [0.25, 0.3) is 0 Å². The van der Waals surface area contributed by atoms with E-state index in [1.54, 1.807) is 12.5 Å². The molecule has 0 aliphatic heterocycles. The molecule has 4 aliphatic carbocycles. The van der Waals surface area contributed by atoms with E-state index in [2.05, 4.69) is 26.5 Å². The lowest BCUT2D eigenvalue weighted by Gasteiger charge is -2.53. The highest BCUT2D eigenvalue weighted by Crippen LogP contribution is 2.65. The van der Waals surface area contributed by atoms with Gasteiger partial charge in [-0.05, 0) is 67.9 Å². The van der Waals surface area contributed by atoms with Crippen molar-refractivity contribution in [3.63, 3.8) is 0 Å². The first-order chi connectivity index (χ1) is 12.3. The number of Topliss-reactive ketones (excluding diaryl/α,β-unsaturated/α-hetero) is 1. The summed E-state index contributed by atoms with van der Waals surface area (Å²) in [6.45, 7) is 14.8. The Labute approximate surface area is 158 Å². The van der Waals surface area contributed by atoms with Crippen molar-refractivity contribution in [3.8, 4) is 0 Å². The maximum absolute atomic E-state index is 12.2. The third-order valence-corrected chi connectivity index (χ3v) is 7.80. The molecule has 2 heteroatoms. The van der Waals surface area contributed by atoms with Crippen LogP contribution in [0.1, 0.15) is 73.1 Å². The van der Waals surface area contributed by atoms with E-state index >= 15 is 0 Å². The minimum atomic E-state index is -0.0104. The lowest BCUT2D eigenvalue weighted by molar-refractivity contribution is -0.124. The highest BCUT2D eigenvalue weighted by molar-refractivity contribution is 5.93. The second kappa shape index (κ2) is 6.62. The molecule has 142 valence electrons. The normalized spacial score (nSPS) is 41.0. The zero-order valence-electron chi connectivity index (χ0n) is 17.2. The van der Waals surface area contributed by atoms with E-state index in [9.17, 15) is 9.59 Å². The molecule has 2 fully saturated rings. The van der Waals surface area contributed by atoms with Gasteiger partial charge in [-0.1, -0.05) is 51.5 Å². The van der Waals surface area contributed by atoms with Gasteiger partial charge < -0.3 is 0 Å². The van der Waals surface area contributed by atoms with Gasteiger partial charge in [-0.2, -0.15) is 0 Å². The summed E-state index contributed by atoms with van der Waals surface area (Å²) >= 11 is 0. The summed E-state index contributed by atoms with van der Waals surface area (Å²) in [7, 11) is 0. The molecule has 0 aromatic rings. The molecule has 0 spiro atoms. The second-order valence-corrected chi connectivity index (χ2v) is 8.99. The molecule has 0 aromatic heterocycles. The molecule has 26 heavy (non-hydrogen) atoms. The summed E-state index contributed by atoms with van der Waals surface area (Å²) in [5, 5.41) is 0. The molecule has 2 saturated carbocycles. The third kappa shape index (κ3) is 2.60. The highest BCUT2D eigenvalue weighted by atomic mass is 16.1. The summed E-state index contributed by atoms with van der Waals surface area (Å²) < 4.78 is 0. The number of rotatable bonds is 1. The largest absolute Gasteiger partial charge is 0.300 e. The molecule has 5 atom stereocenters. The average Bonchev–Trinajstić information content (AvgIpc) is 2.96. The molecule has 4 rings (SSSR count). The molecule has 0 amide bonds. The minimum Gasteiger partial charge on any atom is -0.300 e. The van der Waals surface area contributed by atoms with Gasteiger partial charge in [0.2, 0.25) is 0 Å². The van der Waals surface area contributed by atoms with Gasteiger partial charge in [0.05, 0.1) is 0 Å². The molecule has 0 heterocycles. The first-order valence-electron chi connectivity index (χ1n) is 10.4. The van der Waals surface area contributed by atoms with E-state index in [-0.39, 0.29) is 22.5 Å². The Balaban J connectivity index is 0.000000948. The van der Waals surface area contributed by atoms with Crippen LogP contribution in [0.4, 0.5) is 0 Å². The smallest absolute Gasteiger partial charge is 0.156 e. The second-order valence-electron chi connectivity index (χ2n) is 8.99. The van der Waals surface area contributed by atoms with E-state index < -0.39 is 0 Å². The third-order valence-electron chi connectivity index (χ3n) is 7.80. The zero-order valence-corrected chi connectivity index (χ0v) is 17.2. The number of fused-ring (bicyclic) bond motifs is 5. The number of ketones is 2. The van der Waals surface area contributed by atoms with Crippen LogP contribution in [0.3, 0.4) is 0 Å². The molecular formula is C24H34O2. The maximum Gasteiger partial charge on any atom is 0.156 e. The number of carbonyl (C=O) groups is 2. The summed E-state index contributed by atoms with van der Waals surface area (Å²) in [6, 6.07) is 0. The summed E-state index contributed by atoms with van der Waals surface area (Å²) in [4.78, 5) is 24.1. The summed E-state index contributed by atoms with van der Waals surface area (Å²) in [5.74, 6) is 1.92. The fourth-order valence-electron chi connectivity index (χ4n) is 6.54. The van der Waals surface area contributed by atoms with Crippen LogP contribution < -0.4 is 0 Å². The monoisotopic (exact) mass is 354 g/mol. The van der Waals surface area contributed by atoms with E-state index in [4.69, 9.17) is 0 Å². The van der Waals surface area contributed by atoms with E-state index in [1.807, 2.05) is 19.9 Å². The number of hydrogen-bond acceptors (Lipinski definition) is 2. The lowest BCUT2D eigenvalue weighted by atomic mass is 9.50. The molecule has 2 nitrogen and oxygen atoms in total. The Hall–Kier alpha value is -1.44. The van der Waals surface area contributed by atoms with Gasteiger partial charge in [0.25, 0.3) is 0 Å². The molecular weight excluding hydrogens is 320 g/mol. The zero-order chi connectivity index (χ0) is 19.3. The van der Waals surface area contributed by atoms with Crippen molar-refractivity contribution in [1.82, 2.24) is 0 Å². The van der Waals surface area contributed by atoms with Crippen LogP contribution in [0.2, 0.25) is 0 Å². The number of allylic oxidation sites excluding steroid dienone is 5. The molecule has 0 saturated heterocycles. The van der Waals surface area contributed by atoms with Crippen molar-refractivity contribution < 1.29 is 9.59 Å². The SMILES string of the molecule is C=C1CC2C(=CCC3(C)C(C(C)=O)CCC23)C2(C)CCC(=O)C=C12.CC. The van der Waals surface area contributed by atoms with Gasteiger partial charge in [0, 0.05) is 17.8 Å². The van der Waals surface area contributed by atoms with Gasteiger partial charge in [-0.15, -0.1) is 0 Å². The highest BCUT2D eigenvalue weighted by Gasteiger charge is 2.57. The van der Waals surface area contributed by atoms with E-state index in [0.29, 0.717) is 24.0 Å². The Morgan fingerprint density at radius 2 is 1.92 bits per heavy atom. The van der Waals surface area contributed by atoms with Crippen molar-refractivity contribution in [1.29, 1.82) is 0 Å². The predicted octanol–water partition coefficient (Wildman–Crippen LogP) is 5.84. The van der Waals surface area contributed by atoms with Gasteiger partial charge in [-0.25, -0.2) is 0 Å². The maximum atomic E-state index is 12.2. The van der Waals surface area contributed by atoms with Gasteiger partial charge in [-0.3, -0.25) is 9.59 Å². The van der Waals surface area contributed by atoms with Crippen LogP contribution in [0.15, 0.2) is 35.5 Å². The van der Waals surface area contributed by atoms with Crippen molar-refractivity contribution >= 4 is 11.6 Å². The molecule has 0 radical (unpaired) electrons. The van der Waals surface area contributed by atoms with Crippen LogP contribution in [-0.2, 0) is 9.59 Å². The fraction of sp³-hybridized carbons (Fsp3) is 0.667. The Bertz CT molecular complexity index is 710. The molecule has 4 aliphatic rings. The van der Waals surface area contributed by atoms with Crippen molar-refractivity contribution in [2.24, 2.45) is 28.6 Å². The average molecular weight is 355 g/mol. The number of hydrogen-bond donors (Lipinski definition) is 0. The Morgan fingerprint density at radius 3 is 2.58 bits per heavy atom. The standard InChI is InChI=1S/C22H28O2.C2H6/c1-13-11-16-18-6-5-17(14(2)23)21(18,3)10-8-19(16)22(4)9-7-15(24)12-20(13)22;1-2/h8,12,16-18H,1,5-7,9-11H2,2-4H3;1-2H3. The summed E-state index contributed by atoms with van der Waals surface area (Å²) in [5.41, 5.74) is 3.99. The first-order valence-corrected chi connectivity index (χ1v) is 10.4. The molecule has 5 unspecified atom stereocenters. The predicted molar refractivity (Wildman–Crippen MR) is 107 cm³/mol. The van der Waals surface area contributed by atoms with Crippen LogP contribution >= 0.6 is 0 Å². The first kappa shape index (κ1) is 19.3. The Kier molecular flexibility index (Phi) is 4.92.